The topological polar surface area (TPSA) is 125 Å². The number of rotatable bonds is 5. The zero-order valence-electron chi connectivity index (χ0n) is 13.9. The van der Waals surface area contributed by atoms with Crippen LogP contribution in [0.1, 0.15) is 16.1 Å². The molecule has 0 radical (unpaired) electrons. The van der Waals surface area contributed by atoms with Crippen molar-refractivity contribution >= 4 is 63.4 Å². The average molecular weight is 420 g/mol. The van der Waals surface area contributed by atoms with Crippen molar-refractivity contribution in [1.29, 1.82) is 0 Å². The fourth-order valence-electron chi connectivity index (χ4n) is 2.68. The molecule has 0 saturated heterocycles. The number of nitrogens with one attached hydrogen (secondary N) is 2. The number of H-pyrrole nitrogens is 1. The minimum Gasteiger partial charge on any atom is -0.477 e. The van der Waals surface area contributed by atoms with Crippen LogP contribution in [0.2, 0.25) is 10.0 Å². The number of aromatic amines is 1. The van der Waals surface area contributed by atoms with Crippen LogP contribution in [-0.4, -0.2) is 26.9 Å². The molecule has 0 saturated carbocycles. The minimum absolute atomic E-state index is 0.0179. The van der Waals surface area contributed by atoms with Gasteiger partial charge in [0.25, 0.3) is 5.69 Å². The molecule has 3 N–H and O–H groups in total. The third kappa shape index (κ3) is 3.83. The number of halogens is 2. The average Bonchev–Trinajstić information content (AvgIpc) is 2.99. The van der Waals surface area contributed by atoms with Gasteiger partial charge in [0.1, 0.15) is 11.4 Å². The first kappa shape index (κ1) is 19.4. The number of aromatic nitrogens is 1. The SMILES string of the molecule is O=C(/C=C/c1c(C(=O)O)[nH]c2cc(Cl)cc(Cl)c12)Nc1ccccc1[N+](=O)[O-]. The van der Waals surface area contributed by atoms with Gasteiger partial charge in [-0.3, -0.25) is 14.9 Å². The van der Waals surface area contributed by atoms with Gasteiger partial charge in [0.05, 0.1) is 9.95 Å². The lowest BCUT2D eigenvalue weighted by molar-refractivity contribution is -0.383. The highest BCUT2D eigenvalue weighted by Crippen LogP contribution is 2.33. The second-order valence-corrected chi connectivity index (χ2v) is 6.47. The number of carboxylic acids is 1. The number of fused-ring (bicyclic) bond motifs is 1. The minimum atomic E-state index is -1.25. The van der Waals surface area contributed by atoms with Crippen LogP contribution in [0.5, 0.6) is 0 Å². The fraction of sp³-hybridized carbons (Fsp3) is 0. The standard InChI is InChI=1S/C18H11Cl2N3O5/c19-9-7-11(20)16-10(17(18(25)26)22-13(16)8-9)5-6-15(24)21-12-3-1-2-4-14(12)23(27)28/h1-8,22H,(H,21,24)(H,25,26)/b6-5+. The Morgan fingerprint density at radius 2 is 1.93 bits per heavy atom. The number of hydrogen-bond donors (Lipinski definition) is 3. The predicted molar refractivity (Wildman–Crippen MR) is 106 cm³/mol. The monoisotopic (exact) mass is 419 g/mol. The fourth-order valence-corrected chi connectivity index (χ4v) is 3.28. The highest BCUT2D eigenvalue weighted by Gasteiger charge is 2.19. The molecule has 0 bridgehead atoms. The highest BCUT2D eigenvalue weighted by atomic mass is 35.5. The Labute approximate surface area is 167 Å². The van der Waals surface area contributed by atoms with E-state index in [1.807, 2.05) is 0 Å². The van der Waals surface area contributed by atoms with Gasteiger partial charge in [-0.2, -0.15) is 0 Å². The van der Waals surface area contributed by atoms with Crippen LogP contribution in [0.4, 0.5) is 11.4 Å². The van der Waals surface area contributed by atoms with E-state index in [2.05, 4.69) is 10.3 Å². The van der Waals surface area contributed by atoms with E-state index >= 15 is 0 Å². The zero-order chi connectivity index (χ0) is 20.4. The molecule has 3 aromatic rings. The Bertz CT molecular complexity index is 1150. The van der Waals surface area contributed by atoms with E-state index in [1.165, 1.54) is 42.5 Å². The summed E-state index contributed by atoms with van der Waals surface area (Å²) in [6.45, 7) is 0. The van der Waals surface area contributed by atoms with E-state index in [0.29, 0.717) is 15.9 Å². The number of carbonyl (C=O) groups excluding carboxylic acids is 1. The van der Waals surface area contributed by atoms with Gasteiger partial charge >= 0.3 is 5.97 Å². The van der Waals surface area contributed by atoms with Gasteiger partial charge in [-0.05, 0) is 24.3 Å². The number of nitro benzene ring substituents is 1. The first-order valence-corrected chi connectivity index (χ1v) is 8.50. The van der Waals surface area contributed by atoms with Gasteiger partial charge in [-0.1, -0.05) is 35.3 Å². The Balaban J connectivity index is 1.97. The van der Waals surface area contributed by atoms with Gasteiger partial charge in [0.15, 0.2) is 0 Å². The third-order valence-corrected chi connectivity index (χ3v) is 4.34. The summed E-state index contributed by atoms with van der Waals surface area (Å²) < 4.78 is 0. The first-order chi connectivity index (χ1) is 13.3. The molecule has 1 heterocycles. The molecule has 1 amide bonds. The number of para-hydroxylation sites is 2. The van der Waals surface area contributed by atoms with Gasteiger partial charge in [-0.25, -0.2) is 4.79 Å². The van der Waals surface area contributed by atoms with Crippen molar-refractivity contribution in [2.45, 2.75) is 0 Å². The molecule has 0 aliphatic heterocycles. The van der Waals surface area contributed by atoms with E-state index in [-0.39, 0.29) is 27.7 Å². The molecule has 0 aliphatic carbocycles. The van der Waals surface area contributed by atoms with Crippen LogP contribution < -0.4 is 5.32 Å². The number of amides is 1. The highest BCUT2D eigenvalue weighted by molar-refractivity contribution is 6.39. The molecule has 0 aliphatic rings. The van der Waals surface area contributed by atoms with Gasteiger partial charge in [-0.15, -0.1) is 0 Å². The molecule has 0 fully saturated rings. The van der Waals surface area contributed by atoms with Crippen molar-refractivity contribution in [3.8, 4) is 0 Å². The molecule has 0 unspecified atom stereocenters. The summed E-state index contributed by atoms with van der Waals surface area (Å²) in [5.41, 5.74) is 0.161. The second kappa shape index (κ2) is 7.71. The van der Waals surface area contributed by atoms with Crippen LogP contribution >= 0.6 is 23.2 Å². The number of carbonyl (C=O) groups is 2. The molecule has 8 nitrogen and oxygen atoms in total. The molecular formula is C18H11Cl2N3O5. The van der Waals surface area contributed by atoms with Crippen molar-refractivity contribution in [2.75, 3.05) is 5.32 Å². The lowest BCUT2D eigenvalue weighted by Gasteiger charge is -2.03. The molecule has 28 heavy (non-hydrogen) atoms. The Hall–Kier alpha value is -3.36. The summed E-state index contributed by atoms with van der Waals surface area (Å²) in [6.07, 6.45) is 2.34. The van der Waals surface area contributed by atoms with Crippen LogP contribution in [0.25, 0.3) is 17.0 Å². The second-order valence-electron chi connectivity index (χ2n) is 5.63. The Kier molecular flexibility index (Phi) is 5.34. The Morgan fingerprint density at radius 3 is 2.61 bits per heavy atom. The van der Waals surface area contributed by atoms with Gasteiger partial charge in [0, 0.05) is 33.6 Å². The lowest BCUT2D eigenvalue weighted by atomic mass is 10.1. The molecule has 10 heteroatoms. The normalized spacial score (nSPS) is 11.1. The summed E-state index contributed by atoms with van der Waals surface area (Å²) in [5, 5.41) is 23.7. The number of benzene rings is 2. The maximum Gasteiger partial charge on any atom is 0.352 e. The predicted octanol–water partition coefficient (Wildman–Crippen LogP) is 4.73. The van der Waals surface area contributed by atoms with E-state index in [1.54, 1.807) is 0 Å². The summed E-state index contributed by atoms with van der Waals surface area (Å²) >= 11 is 12.1. The summed E-state index contributed by atoms with van der Waals surface area (Å²) in [6, 6.07) is 8.62. The van der Waals surface area contributed by atoms with Gasteiger partial charge < -0.3 is 15.4 Å². The summed E-state index contributed by atoms with van der Waals surface area (Å²) in [4.78, 5) is 36.8. The molecule has 0 spiro atoms. The van der Waals surface area contributed by atoms with E-state index in [0.717, 1.165) is 6.08 Å². The largest absolute Gasteiger partial charge is 0.477 e. The maximum atomic E-state index is 12.2. The van der Waals surface area contributed by atoms with Crippen molar-refractivity contribution < 1.29 is 19.6 Å². The Morgan fingerprint density at radius 1 is 1.21 bits per heavy atom. The van der Waals surface area contributed by atoms with E-state index in [9.17, 15) is 24.8 Å². The number of aromatic carboxylic acids is 1. The number of carboxylic acid groups (broad SMARTS) is 1. The van der Waals surface area contributed by atoms with Crippen LogP contribution in [0.3, 0.4) is 0 Å². The van der Waals surface area contributed by atoms with Crippen LogP contribution in [0.15, 0.2) is 42.5 Å². The van der Waals surface area contributed by atoms with E-state index < -0.39 is 16.8 Å². The number of nitrogens with zero attached hydrogens (tertiary/aromatic N) is 1. The van der Waals surface area contributed by atoms with Crippen molar-refractivity contribution in [2.24, 2.45) is 0 Å². The zero-order valence-corrected chi connectivity index (χ0v) is 15.4. The van der Waals surface area contributed by atoms with E-state index in [4.69, 9.17) is 23.2 Å². The van der Waals surface area contributed by atoms with Gasteiger partial charge in [0.2, 0.25) is 5.91 Å². The molecule has 0 atom stereocenters. The smallest absolute Gasteiger partial charge is 0.352 e. The lowest BCUT2D eigenvalue weighted by Crippen LogP contribution is -2.09. The van der Waals surface area contributed by atoms with Crippen molar-refractivity contribution in [3.63, 3.8) is 0 Å². The van der Waals surface area contributed by atoms with Crippen LogP contribution in [0, 0.1) is 10.1 Å². The van der Waals surface area contributed by atoms with Crippen molar-refractivity contribution in [1.82, 2.24) is 4.98 Å². The van der Waals surface area contributed by atoms with Crippen LogP contribution in [-0.2, 0) is 4.79 Å². The molecule has 2 aromatic carbocycles. The molecule has 1 aromatic heterocycles. The number of nitro groups is 1. The molecule has 3 rings (SSSR count). The molecule has 142 valence electrons. The first-order valence-electron chi connectivity index (χ1n) is 7.74. The summed E-state index contributed by atoms with van der Waals surface area (Å²) in [7, 11) is 0. The summed E-state index contributed by atoms with van der Waals surface area (Å²) in [5.74, 6) is -1.92. The third-order valence-electron chi connectivity index (χ3n) is 3.83. The van der Waals surface area contributed by atoms with Crippen molar-refractivity contribution in [3.05, 3.63) is 73.9 Å². The number of anilines is 1. The quantitative estimate of drug-likeness (QED) is 0.313. The molecular weight excluding hydrogens is 409 g/mol. The number of hydrogen-bond acceptors (Lipinski definition) is 4. The maximum absolute atomic E-state index is 12.2.